The van der Waals surface area contributed by atoms with Gasteiger partial charge < -0.3 is 18.9 Å². The first-order valence-corrected chi connectivity index (χ1v) is 9.87. The molecule has 1 N–H and O–H groups in total. The third kappa shape index (κ3) is 3.74. The maximum absolute atomic E-state index is 12.2. The van der Waals surface area contributed by atoms with Crippen LogP contribution in [0.2, 0.25) is 0 Å². The molecular weight excluding hydrogens is 392 g/mol. The summed E-state index contributed by atoms with van der Waals surface area (Å²) in [7, 11) is 0. The van der Waals surface area contributed by atoms with Crippen LogP contribution in [-0.2, 0) is 4.79 Å². The largest absolute Gasteiger partial charge is 0.486 e. The van der Waals surface area contributed by atoms with Gasteiger partial charge in [0.25, 0.3) is 0 Å². The van der Waals surface area contributed by atoms with E-state index in [1.54, 1.807) is 6.08 Å². The SMILES string of the molecule is O=C(/C=C/c1ccc2c(c1)OCO2)Nc1nc(-c2ccc3c(c2)OCCO3)cs1. The van der Waals surface area contributed by atoms with E-state index in [9.17, 15) is 4.79 Å². The van der Waals surface area contributed by atoms with E-state index in [0.29, 0.717) is 35.6 Å². The van der Waals surface area contributed by atoms with Crippen molar-refractivity contribution in [2.75, 3.05) is 25.3 Å². The molecule has 0 radical (unpaired) electrons. The number of anilines is 1. The Morgan fingerprint density at radius 3 is 2.66 bits per heavy atom. The van der Waals surface area contributed by atoms with Gasteiger partial charge in [0.15, 0.2) is 28.1 Å². The number of hydrogen-bond acceptors (Lipinski definition) is 7. The molecule has 146 valence electrons. The summed E-state index contributed by atoms with van der Waals surface area (Å²) in [6.45, 7) is 1.31. The van der Waals surface area contributed by atoms with Gasteiger partial charge in [0.1, 0.15) is 13.2 Å². The Labute approximate surface area is 170 Å². The van der Waals surface area contributed by atoms with Crippen molar-refractivity contribution in [2.45, 2.75) is 0 Å². The lowest BCUT2D eigenvalue weighted by Gasteiger charge is -2.18. The maximum atomic E-state index is 12.2. The van der Waals surface area contributed by atoms with Crippen LogP contribution in [0.5, 0.6) is 23.0 Å². The lowest BCUT2D eigenvalue weighted by Crippen LogP contribution is -2.15. The van der Waals surface area contributed by atoms with Crippen molar-refractivity contribution in [1.82, 2.24) is 4.98 Å². The second-order valence-electron chi connectivity index (χ2n) is 6.33. The Bertz CT molecular complexity index is 1110. The van der Waals surface area contributed by atoms with Crippen LogP contribution in [0, 0.1) is 0 Å². The second kappa shape index (κ2) is 7.48. The molecule has 8 heteroatoms. The Morgan fingerprint density at radius 1 is 0.966 bits per heavy atom. The molecule has 1 amide bonds. The van der Waals surface area contributed by atoms with Crippen molar-refractivity contribution in [2.24, 2.45) is 0 Å². The standard InChI is InChI=1S/C21H16N2O5S/c24-20(6-2-13-1-4-17-18(9-13)28-12-27-17)23-21-22-15(11-29-21)14-3-5-16-19(10-14)26-8-7-25-16/h1-6,9-11H,7-8,12H2,(H,22,23,24)/b6-2+. The van der Waals surface area contributed by atoms with Gasteiger partial charge in [0, 0.05) is 17.0 Å². The van der Waals surface area contributed by atoms with Gasteiger partial charge >= 0.3 is 0 Å². The van der Waals surface area contributed by atoms with Crippen molar-refractivity contribution in [1.29, 1.82) is 0 Å². The summed E-state index contributed by atoms with van der Waals surface area (Å²) in [5.74, 6) is 2.57. The third-order valence-electron chi connectivity index (χ3n) is 4.40. The molecule has 2 aliphatic heterocycles. The monoisotopic (exact) mass is 408 g/mol. The van der Waals surface area contributed by atoms with Crippen molar-refractivity contribution >= 4 is 28.5 Å². The van der Waals surface area contributed by atoms with Crippen LogP contribution >= 0.6 is 11.3 Å². The molecule has 3 heterocycles. The number of nitrogens with one attached hydrogen (secondary N) is 1. The van der Waals surface area contributed by atoms with Crippen LogP contribution in [0.25, 0.3) is 17.3 Å². The van der Waals surface area contributed by atoms with Gasteiger partial charge in [-0.15, -0.1) is 11.3 Å². The number of benzene rings is 2. The van der Waals surface area contributed by atoms with Gasteiger partial charge in [-0.25, -0.2) is 4.98 Å². The minimum atomic E-state index is -0.259. The zero-order chi connectivity index (χ0) is 19.6. The van der Waals surface area contributed by atoms with Crippen LogP contribution in [-0.4, -0.2) is 30.9 Å². The maximum Gasteiger partial charge on any atom is 0.250 e. The molecular formula is C21H16N2O5S. The predicted molar refractivity (Wildman–Crippen MR) is 109 cm³/mol. The van der Waals surface area contributed by atoms with E-state index in [4.69, 9.17) is 18.9 Å². The number of rotatable bonds is 4. The Hall–Kier alpha value is -3.52. The average molecular weight is 408 g/mol. The smallest absolute Gasteiger partial charge is 0.250 e. The molecule has 0 spiro atoms. The van der Waals surface area contributed by atoms with E-state index in [1.807, 2.05) is 41.8 Å². The minimum absolute atomic E-state index is 0.221. The first kappa shape index (κ1) is 17.6. The minimum Gasteiger partial charge on any atom is -0.486 e. The molecule has 0 atom stereocenters. The highest BCUT2D eigenvalue weighted by Crippen LogP contribution is 2.35. The number of aromatic nitrogens is 1. The Balaban J connectivity index is 1.26. The fourth-order valence-corrected chi connectivity index (χ4v) is 3.72. The molecule has 0 saturated heterocycles. The topological polar surface area (TPSA) is 78.9 Å². The number of carbonyl (C=O) groups is 1. The van der Waals surface area contributed by atoms with E-state index < -0.39 is 0 Å². The van der Waals surface area contributed by atoms with Crippen LogP contribution in [0.4, 0.5) is 5.13 Å². The van der Waals surface area contributed by atoms with Gasteiger partial charge in [-0.05, 0) is 42.0 Å². The van der Waals surface area contributed by atoms with Gasteiger partial charge in [-0.2, -0.15) is 0 Å². The summed E-state index contributed by atoms with van der Waals surface area (Å²) >= 11 is 1.36. The summed E-state index contributed by atoms with van der Waals surface area (Å²) in [6.07, 6.45) is 3.18. The predicted octanol–water partition coefficient (Wildman–Crippen LogP) is 3.96. The molecule has 2 aromatic carbocycles. The lowest BCUT2D eigenvalue weighted by atomic mass is 10.1. The fourth-order valence-electron chi connectivity index (χ4n) is 3.00. The number of carbonyl (C=O) groups excluding carboxylic acids is 1. The number of hydrogen-bond donors (Lipinski definition) is 1. The molecule has 29 heavy (non-hydrogen) atoms. The normalized spacial score (nSPS) is 14.2. The average Bonchev–Trinajstić information content (AvgIpc) is 3.41. The number of ether oxygens (including phenoxy) is 4. The van der Waals surface area contributed by atoms with Crippen molar-refractivity contribution in [3.63, 3.8) is 0 Å². The summed E-state index contributed by atoms with van der Waals surface area (Å²) < 4.78 is 21.8. The molecule has 5 rings (SSSR count). The van der Waals surface area contributed by atoms with Crippen LogP contribution in [0.3, 0.4) is 0 Å². The quantitative estimate of drug-likeness (QED) is 0.659. The number of thiazole rings is 1. The van der Waals surface area contributed by atoms with E-state index in [-0.39, 0.29) is 12.7 Å². The highest BCUT2D eigenvalue weighted by Gasteiger charge is 2.15. The Morgan fingerprint density at radius 2 is 1.72 bits per heavy atom. The summed E-state index contributed by atoms with van der Waals surface area (Å²) in [6, 6.07) is 11.2. The van der Waals surface area contributed by atoms with E-state index >= 15 is 0 Å². The van der Waals surface area contributed by atoms with E-state index in [0.717, 1.165) is 22.6 Å². The van der Waals surface area contributed by atoms with Crippen LogP contribution in [0.1, 0.15) is 5.56 Å². The van der Waals surface area contributed by atoms with Gasteiger partial charge in [-0.3, -0.25) is 10.1 Å². The van der Waals surface area contributed by atoms with Gasteiger partial charge in [0.05, 0.1) is 5.69 Å². The zero-order valence-corrected chi connectivity index (χ0v) is 16.0. The number of fused-ring (bicyclic) bond motifs is 2. The number of nitrogens with zero attached hydrogens (tertiary/aromatic N) is 1. The highest BCUT2D eigenvalue weighted by molar-refractivity contribution is 7.14. The third-order valence-corrected chi connectivity index (χ3v) is 5.15. The van der Waals surface area contributed by atoms with E-state index in [2.05, 4.69) is 10.3 Å². The molecule has 0 saturated carbocycles. The molecule has 0 fully saturated rings. The van der Waals surface area contributed by atoms with Gasteiger partial charge in [0.2, 0.25) is 12.7 Å². The molecule has 2 aliphatic rings. The fraction of sp³-hybridized carbons (Fsp3) is 0.143. The van der Waals surface area contributed by atoms with Crippen molar-refractivity contribution < 1.29 is 23.7 Å². The van der Waals surface area contributed by atoms with Crippen molar-refractivity contribution in [3.05, 3.63) is 53.4 Å². The van der Waals surface area contributed by atoms with Crippen LogP contribution in [0.15, 0.2) is 47.9 Å². The number of amides is 1. The van der Waals surface area contributed by atoms with Crippen LogP contribution < -0.4 is 24.3 Å². The van der Waals surface area contributed by atoms with E-state index in [1.165, 1.54) is 17.4 Å². The summed E-state index contributed by atoms with van der Waals surface area (Å²) in [5.41, 5.74) is 2.52. The molecule has 0 unspecified atom stereocenters. The molecule has 0 bridgehead atoms. The Kier molecular flexibility index (Phi) is 4.53. The highest BCUT2D eigenvalue weighted by atomic mass is 32.1. The first-order chi connectivity index (χ1) is 14.2. The zero-order valence-electron chi connectivity index (χ0n) is 15.2. The molecule has 3 aromatic rings. The summed E-state index contributed by atoms with van der Waals surface area (Å²) in [4.78, 5) is 16.7. The van der Waals surface area contributed by atoms with Crippen molar-refractivity contribution in [3.8, 4) is 34.3 Å². The second-order valence-corrected chi connectivity index (χ2v) is 7.19. The molecule has 7 nitrogen and oxygen atoms in total. The first-order valence-electron chi connectivity index (χ1n) is 8.99. The molecule has 0 aliphatic carbocycles. The summed E-state index contributed by atoms with van der Waals surface area (Å²) in [5, 5.41) is 5.20. The lowest BCUT2D eigenvalue weighted by molar-refractivity contribution is -0.111. The molecule has 1 aromatic heterocycles. The van der Waals surface area contributed by atoms with Gasteiger partial charge in [-0.1, -0.05) is 6.07 Å².